The molecule has 0 bridgehead atoms. The Hall–Kier alpha value is -2.03. The maximum atomic E-state index is 12.4. The van der Waals surface area contributed by atoms with Gasteiger partial charge in [0, 0.05) is 17.2 Å². The van der Waals surface area contributed by atoms with Crippen LogP contribution in [0.3, 0.4) is 0 Å². The van der Waals surface area contributed by atoms with E-state index >= 15 is 0 Å². The summed E-state index contributed by atoms with van der Waals surface area (Å²) in [6.07, 6.45) is 0. The standard InChI is InChI=1S/C15H13ClN2O4S2/c1-21-12-7-11-14(8-13(12)22-2)23-15(17-11)18-24(19,20)10-5-3-9(16)4-6-10/h3-8H,1-2H3,(H,17,18). The van der Waals surface area contributed by atoms with Crippen molar-refractivity contribution in [2.45, 2.75) is 4.90 Å². The molecule has 0 aliphatic heterocycles. The lowest BCUT2D eigenvalue weighted by molar-refractivity contribution is 0.356. The first-order valence-electron chi connectivity index (χ1n) is 6.74. The first kappa shape index (κ1) is 16.8. The Balaban J connectivity index is 1.96. The topological polar surface area (TPSA) is 77.5 Å². The summed E-state index contributed by atoms with van der Waals surface area (Å²) < 4.78 is 38.5. The van der Waals surface area contributed by atoms with Crippen LogP contribution in [0.2, 0.25) is 5.02 Å². The van der Waals surface area contributed by atoms with E-state index in [9.17, 15) is 8.42 Å². The third kappa shape index (κ3) is 3.26. The van der Waals surface area contributed by atoms with E-state index in [1.165, 1.54) is 49.8 Å². The number of methoxy groups -OCH3 is 2. The fraction of sp³-hybridized carbons (Fsp3) is 0.133. The van der Waals surface area contributed by atoms with Crippen LogP contribution in [-0.2, 0) is 10.0 Å². The molecule has 3 rings (SSSR count). The lowest BCUT2D eigenvalue weighted by atomic mass is 10.3. The Morgan fingerprint density at radius 3 is 2.33 bits per heavy atom. The number of ether oxygens (including phenoxy) is 2. The SMILES string of the molecule is COc1cc2nc(NS(=O)(=O)c3ccc(Cl)cc3)sc2cc1OC. The number of fused-ring (bicyclic) bond motifs is 1. The van der Waals surface area contributed by atoms with Crippen molar-refractivity contribution in [3.8, 4) is 11.5 Å². The van der Waals surface area contributed by atoms with Crippen molar-refractivity contribution in [3.05, 3.63) is 41.4 Å². The van der Waals surface area contributed by atoms with Gasteiger partial charge in [-0.2, -0.15) is 0 Å². The van der Waals surface area contributed by atoms with Gasteiger partial charge in [-0.1, -0.05) is 22.9 Å². The molecule has 0 saturated carbocycles. The zero-order valence-corrected chi connectivity index (χ0v) is 15.1. The number of nitrogens with zero attached hydrogens (tertiary/aromatic N) is 1. The zero-order valence-electron chi connectivity index (χ0n) is 12.7. The predicted molar refractivity (Wildman–Crippen MR) is 95.0 cm³/mol. The minimum atomic E-state index is -3.73. The summed E-state index contributed by atoms with van der Waals surface area (Å²) in [5.41, 5.74) is 0.617. The lowest BCUT2D eigenvalue weighted by Crippen LogP contribution is -2.12. The van der Waals surface area contributed by atoms with Gasteiger partial charge in [0.15, 0.2) is 16.6 Å². The summed E-state index contributed by atoms with van der Waals surface area (Å²) in [7, 11) is -0.668. The largest absolute Gasteiger partial charge is 0.493 e. The highest BCUT2D eigenvalue weighted by Gasteiger charge is 2.17. The predicted octanol–water partition coefficient (Wildman–Crippen LogP) is 3.77. The van der Waals surface area contributed by atoms with E-state index in [-0.39, 0.29) is 10.0 Å². The lowest BCUT2D eigenvalue weighted by Gasteiger charge is -2.05. The number of sulfonamides is 1. The molecule has 0 radical (unpaired) electrons. The second-order valence-corrected chi connectivity index (χ2v) is 7.90. The van der Waals surface area contributed by atoms with Gasteiger partial charge >= 0.3 is 0 Å². The second-order valence-electron chi connectivity index (χ2n) is 4.75. The number of anilines is 1. The van der Waals surface area contributed by atoms with Gasteiger partial charge in [0.2, 0.25) is 0 Å². The average molecular weight is 385 g/mol. The second kappa shape index (κ2) is 6.46. The molecule has 1 N–H and O–H groups in total. The summed E-state index contributed by atoms with van der Waals surface area (Å²) in [5, 5.41) is 0.725. The van der Waals surface area contributed by atoms with Crippen LogP contribution in [0.4, 0.5) is 5.13 Å². The molecule has 0 fully saturated rings. The van der Waals surface area contributed by atoms with E-state index in [1.54, 1.807) is 12.1 Å². The minimum absolute atomic E-state index is 0.112. The fourth-order valence-corrected chi connectivity index (χ4v) is 4.32. The summed E-state index contributed by atoms with van der Waals surface area (Å²) in [6.45, 7) is 0. The number of hydrogen-bond donors (Lipinski definition) is 1. The Morgan fingerprint density at radius 1 is 1.08 bits per heavy atom. The van der Waals surface area contributed by atoms with Crippen molar-refractivity contribution in [3.63, 3.8) is 0 Å². The summed E-state index contributed by atoms with van der Waals surface area (Å²) in [6, 6.07) is 9.36. The minimum Gasteiger partial charge on any atom is -0.493 e. The third-order valence-corrected chi connectivity index (χ3v) is 5.91. The average Bonchev–Trinajstić information content (AvgIpc) is 2.94. The van der Waals surface area contributed by atoms with Gasteiger partial charge in [-0.05, 0) is 24.3 Å². The van der Waals surface area contributed by atoms with E-state index in [2.05, 4.69) is 9.71 Å². The monoisotopic (exact) mass is 384 g/mol. The summed E-state index contributed by atoms with van der Waals surface area (Å²) >= 11 is 6.99. The Morgan fingerprint density at radius 2 is 1.71 bits per heavy atom. The van der Waals surface area contributed by atoms with Crippen molar-refractivity contribution in [2.24, 2.45) is 0 Å². The smallest absolute Gasteiger partial charge is 0.263 e. The van der Waals surface area contributed by atoms with Gasteiger partial charge in [0.05, 0.1) is 29.3 Å². The highest BCUT2D eigenvalue weighted by atomic mass is 35.5. The Bertz CT molecular complexity index is 944. The Kier molecular flexibility index (Phi) is 4.53. The molecule has 0 aliphatic rings. The molecule has 24 heavy (non-hydrogen) atoms. The number of nitrogens with one attached hydrogen (secondary N) is 1. The normalized spacial score (nSPS) is 11.5. The molecule has 0 spiro atoms. The molecule has 0 unspecified atom stereocenters. The molecule has 126 valence electrons. The van der Waals surface area contributed by atoms with Crippen LogP contribution in [0.25, 0.3) is 10.2 Å². The molecule has 3 aromatic rings. The molecular weight excluding hydrogens is 372 g/mol. The number of halogens is 1. The van der Waals surface area contributed by atoms with Crippen LogP contribution >= 0.6 is 22.9 Å². The van der Waals surface area contributed by atoms with Gasteiger partial charge < -0.3 is 9.47 Å². The van der Waals surface area contributed by atoms with Gasteiger partial charge in [-0.25, -0.2) is 13.4 Å². The summed E-state index contributed by atoms with van der Waals surface area (Å²) in [5.74, 6) is 1.09. The number of hydrogen-bond acceptors (Lipinski definition) is 6. The van der Waals surface area contributed by atoms with Crippen molar-refractivity contribution in [1.82, 2.24) is 4.98 Å². The molecule has 0 aliphatic carbocycles. The van der Waals surface area contributed by atoms with Crippen LogP contribution in [-0.4, -0.2) is 27.6 Å². The molecule has 1 heterocycles. The first-order valence-corrected chi connectivity index (χ1v) is 9.41. The summed E-state index contributed by atoms with van der Waals surface area (Å²) in [4.78, 5) is 4.40. The number of aromatic nitrogens is 1. The first-order chi connectivity index (χ1) is 11.4. The maximum absolute atomic E-state index is 12.4. The third-order valence-electron chi connectivity index (χ3n) is 3.24. The van der Waals surface area contributed by atoms with Crippen molar-refractivity contribution < 1.29 is 17.9 Å². The number of benzene rings is 2. The number of thiazole rings is 1. The highest BCUT2D eigenvalue weighted by Crippen LogP contribution is 2.36. The highest BCUT2D eigenvalue weighted by molar-refractivity contribution is 7.93. The molecule has 9 heteroatoms. The number of rotatable bonds is 5. The van der Waals surface area contributed by atoms with E-state index in [0.717, 1.165) is 4.70 Å². The maximum Gasteiger partial charge on any atom is 0.263 e. The van der Waals surface area contributed by atoms with Crippen LogP contribution in [0.1, 0.15) is 0 Å². The van der Waals surface area contributed by atoms with Gasteiger partial charge in [0.1, 0.15) is 0 Å². The molecule has 0 atom stereocenters. The van der Waals surface area contributed by atoms with Crippen LogP contribution in [0.5, 0.6) is 11.5 Å². The van der Waals surface area contributed by atoms with E-state index < -0.39 is 10.0 Å². The molecule has 0 amide bonds. The molecule has 6 nitrogen and oxygen atoms in total. The van der Waals surface area contributed by atoms with E-state index in [1.807, 2.05) is 0 Å². The van der Waals surface area contributed by atoms with Gasteiger partial charge in [0.25, 0.3) is 10.0 Å². The van der Waals surface area contributed by atoms with Crippen molar-refractivity contribution in [1.29, 1.82) is 0 Å². The fourth-order valence-electron chi connectivity index (χ4n) is 2.09. The van der Waals surface area contributed by atoms with Crippen molar-refractivity contribution >= 4 is 48.3 Å². The van der Waals surface area contributed by atoms with Crippen LogP contribution < -0.4 is 14.2 Å². The van der Waals surface area contributed by atoms with E-state index in [4.69, 9.17) is 21.1 Å². The van der Waals surface area contributed by atoms with Gasteiger partial charge in [-0.3, -0.25) is 4.72 Å². The van der Waals surface area contributed by atoms with Crippen molar-refractivity contribution in [2.75, 3.05) is 18.9 Å². The Labute approximate surface area is 148 Å². The quantitative estimate of drug-likeness (QED) is 0.724. The molecule has 2 aromatic carbocycles. The van der Waals surface area contributed by atoms with Crippen LogP contribution in [0, 0.1) is 0 Å². The van der Waals surface area contributed by atoms with Crippen LogP contribution in [0.15, 0.2) is 41.3 Å². The van der Waals surface area contributed by atoms with Gasteiger partial charge in [-0.15, -0.1) is 0 Å². The molecule has 0 saturated heterocycles. The van der Waals surface area contributed by atoms with E-state index in [0.29, 0.717) is 22.0 Å². The zero-order chi connectivity index (χ0) is 17.3. The molecular formula is C15H13ClN2O4S2. The molecule has 1 aromatic heterocycles.